The molecule has 1 aliphatic rings. The minimum Gasteiger partial charge on any atom is -0.368 e. The second kappa shape index (κ2) is 5.41. The van der Waals surface area contributed by atoms with Crippen LogP contribution in [0.1, 0.15) is 20.8 Å². The van der Waals surface area contributed by atoms with Crippen LogP contribution >= 0.6 is 11.6 Å². The summed E-state index contributed by atoms with van der Waals surface area (Å²) in [7, 11) is 0. The summed E-state index contributed by atoms with van der Waals surface area (Å²) in [5, 5.41) is 9.01. The minimum atomic E-state index is -0.0712. The van der Waals surface area contributed by atoms with Crippen LogP contribution in [-0.4, -0.2) is 36.9 Å². The molecule has 1 aromatic carbocycles. The fraction of sp³-hybridized carbons (Fsp3) is 0.533. The maximum Gasteiger partial charge on any atom is 0.101 e. The van der Waals surface area contributed by atoms with E-state index in [2.05, 4.69) is 36.6 Å². The SMILES string of the molecule is CC(C)(C)C(=N)N1CCN(c2cccc(Cl)c2)CC1. The number of anilines is 1. The Bertz CT molecular complexity index is 457. The van der Waals surface area contributed by atoms with Crippen molar-refractivity contribution in [1.82, 2.24) is 4.90 Å². The van der Waals surface area contributed by atoms with Crippen LogP contribution in [0.2, 0.25) is 5.02 Å². The van der Waals surface area contributed by atoms with Crippen LogP contribution in [-0.2, 0) is 0 Å². The van der Waals surface area contributed by atoms with Gasteiger partial charge in [-0.25, -0.2) is 0 Å². The van der Waals surface area contributed by atoms with Crippen molar-refractivity contribution in [3.63, 3.8) is 0 Å². The van der Waals surface area contributed by atoms with Gasteiger partial charge in [0.15, 0.2) is 0 Å². The molecule has 3 nitrogen and oxygen atoms in total. The van der Waals surface area contributed by atoms with Gasteiger partial charge in [-0.2, -0.15) is 0 Å². The topological polar surface area (TPSA) is 30.3 Å². The first-order valence-corrected chi connectivity index (χ1v) is 7.10. The van der Waals surface area contributed by atoms with Crippen molar-refractivity contribution >= 4 is 23.1 Å². The van der Waals surface area contributed by atoms with Gasteiger partial charge in [-0.05, 0) is 18.2 Å². The lowest BCUT2D eigenvalue weighted by molar-refractivity contribution is 0.343. The molecule has 0 bridgehead atoms. The molecule has 0 unspecified atom stereocenters. The van der Waals surface area contributed by atoms with Gasteiger partial charge >= 0.3 is 0 Å². The third-order valence-electron chi connectivity index (χ3n) is 3.48. The summed E-state index contributed by atoms with van der Waals surface area (Å²) in [6.45, 7) is 9.98. The Balaban J connectivity index is 1.98. The van der Waals surface area contributed by atoms with Gasteiger partial charge in [-0.15, -0.1) is 0 Å². The summed E-state index contributed by atoms with van der Waals surface area (Å²) in [6.07, 6.45) is 0. The number of hydrogen-bond acceptors (Lipinski definition) is 2. The van der Waals surface area contributed by atoms with Crippen LogP contribution in [0.15, 0.2) is 24.3 Å². The molecule has 0 radical (unpaired) electrons. The molecule has 19 heavy (non-hydrogen) atoms. The number of rotatable bonds is 1. The highest BCUT2D eigenvalue weighted by Gasteiger charge is 2.26. The molecule has 0 saturated carbocycles. The van der Waals surface area contributed by atoms with Gasteiger partial charge in [0.05, 0.1) is 0 Å². The smallest absolute Gasteiger partial charge is 0.101 e. The molecule has 1 heterocycles. The van der Waals surface area contributed by atoms with E-state index < -0.39 is 0 Å². The van der Waals surface area contributed by atoms with E-state index in [-0.39, 0.29) is 5.41 Å². The zero-order chi connectivity index (χ0) is 14.0. The summed E-state index contributed by atoms with van der Waals surface area (Å²) < 4.78 is 0. The minimum absolute atomic E-state index is 0.0712. The highest BCUT2D eigenvalue weighted by atomic mass is 35.5. The average molecular weight is 280 g/mol. The molecule has 104 valence electrons. The summed E-state index contributed by atoms with van der Waals surface area (Å²) in [6, 6.07) is 7.99. The maximum absolute atomic E-state index is 8.23. The Kier molecular flexibility index (Phi) is 4.04. The lowest BCUT2D eigenvalue weighted by atomic mass is 9.93. The van der Waals surface area contributed by atoms with Crippen molar-refractivity contribution in [1.29, 1.82) is 5.41 Å². The number of hydrogen-bond donors (Lipinski definition) is 1. The molecule has 0 spiro atoms. The maximum atomic E-state index is 8.23. The Hall–Kier alpha value is -1.22. The molecule has 4 heteroatoms. The quantitative estimate of drug-likeness (QED) is 0.630. The van der Waals surface area contributed by atoms with Gasteiger partial charge in [-0.1, -0.05) is 38.4 Å². The second-order valence-electron chi connectivity index (χ2n) is 6.05. The molecular weight excluding hydrogens is 258 g/mol. The van der Waals surface area contributed by atoms with Crippen molar-refractivity contribution in [2.45, 2.75) is 20.8 Å². The number of nitrogens with one attached hydrogen (secondary N) is 1. The Morgan fingerprint density at radius 1 is 1.16 bits per heavy atom. The molecule has 0 amide bonds. The molecule has 0 atom stereocenters. The van der Waals surface area contributed by atoms with E-state index in [1.807, 2.05) is 18.2 Å². The number of amidine groups is 1. The lowest BCUT2D eigenvalue weighted by Gasteiger charge is -2.40. The van der Waals surface area contributed by atoms with Gasteiger partial charge in [0.2, 0.25) is 0 Å². The van der Waals surface area contributed by atoms with E-state index in [9.17, 15) is 0 Å². The third kappa shape index (κ3) is 3.41. The third-order valence-corrected chi connectivity index (χ3v) is 3.71. The first kappa shape index (κ1) is 14.2. The summed E-state index contributed by atoms with van der Waals surface area (Å²) in [4.78, 5) is 4.51. The molecule has 0 aromatic heterocycles. The van der Waals surface area contributed by atoms with Gasteiger partial charge in [0.1, 0.15) is 5.84 Å². The lowest BCUT2D eigenvalue weighted by Crippen LogP contribution is -2.51. The van der Waals surface area contributed by atoms with E-state index >= 15 is 0 Å². The Labute approximate surface area is 120 Å². The highest BCUT2D eigenvalue weighted by molar-refractivity contribution is 6.30. The summed E-state index contributed by atoms with van der Waals surface area (Å²) >= 11 is 6.03. The first-order valence-electron chi connectivity index (χ1n) is 6.72. The summed E-state index contributed by atoms with van der Waals surface area (Å²) in [5.74, 6) is 0.734. The van der Waals surface area contributed by atoms with Crippen LogP contribution in [0, 0.1) is 10.8 Å². The molecule has 0 aliphatic carbocycles. The molecule has 2 rings (SSSR count). The van der Waals surface area contributed by atoms with Crippen molar-refractivity contribution < 1.29 is 0 Å². The monoisotopic (exact) mass is 279 g/mol. The molecule has 1 fully saturated rings. The van der Waals surface area contributed by atoms with Crippen molar-refractivity contribution in [2.24, 2.45) is 5.41 Å². The molecule has 1 saturated heterocycles. The standard InChI is InChI=1S/C15H22ClN3/c1-15(2,3)14(17)19-9-7-18(8-10-19)13-6-4-5-12(16)11-13/h4-6,11,17H,7-10H2,1-3H3. The van der Waals surface area contributed by atoms with Gasteiger partial charge in [0, 0.05) is 42.3 Å². The van der Waals surface area contributed by atoms with E-state index in [1.165, 1.54) is 5.69 Å². The zero-order valence-electron chi connectivity index (χ0n) is 11.9. The number of halogens is 1. The van der Waals surface area contributed by atoms with Crippen LogP contribution in [0.4, 0.5) is 5.69 Å². The number of benzene rings is 1. The van der Waals surface area contributed by atoms with E-state index in [0.717, 1.165) is 37.0 Å². The van der Waals surface area contributed by atoms with E-state index in [0.29, 0.717) is 0 Å². The normalized spacial score (nSPS) is 16.6. The Morgan fingerprint density at radius 2 is 1.79 bits per heavy atom. The van der Waals surface area contributed by atoms with Crippen molar-refractivity contribution in [3.8, 4) is 0 Å². The van der Waals surface area contributed by atoms with Gasteiger partial charge < -0.3 is 9.80 Å². The highest BCUT2D eigenvalue weighted by Crippen LogP contribution is 2.23. The number of piperazine rings is 1. The largest absolute Gasteiger partial charge is 0.368 e. The Morgan fingerprint density at radius 3 is 2.32 bits per heavy atom. The van der Waals surface area contributed by atoms with Crippen LogP contribution in [0.25, 0.3) is 0 Å². The van der Waals surface area contributed by atoms with E-state index in [4.69, 9.17) is 17.0 Å². The fourth-order valence-electron chi connectivity index (χ4n) is 2.34. The van der Waals surface area contributed by atoms with Gasteiger partial charge in [-0.3, -0.25) is 5.41 Å². The molecule has 1 N–H and O–H groups in total. The predicted octanol–water partition coefficient (Wildman–Crippen LogP) is 3.49. The van der Waals surface area contributed by atoms with Crippen molar-refractivity contribution in [3.05, 3.63) is 29.3 Å². The first-order chi connectivity index (χ1) is 8.88. The van der Waals surface area contributed by atoms with Crippen LogP contribution < -0.4 is 4.90 Å². The van der Waals surface area contributed by atoms with Crippen LogP contribution in [0.5, 0.6) is 0 Å². The van der Waals surface area contributed by atoms with Crippen molar-refractivity contribution in [2.75, 3.05) is 31.1 Å². The predicted molar refractivity (Wildman–Crippen MR) is 82.4 cm³/mol. The van der Waals surface area contributed by atoms with E-state index in [1.54, 1.807) is 0 Å². The zero-order valence-corrected chi connectivity index (χ0v) is 12.7. The molecular formula is C15H22ClN3. The molecule has 1 aliphatic heterocycles. The van der Waals surface area contributed by atoms with Crippen LogP contribution in [0.3, 0.4) is 0 Å². The van der Waals surface area contributed by atoms with Gasteiger partial charge in [0.25, 0.3) is 0 Å². The summed E-state index contributed by atoms with van der Waals surface area (Å²) in [5.41, 5.74) is 1.10. The number of nitrogens with zero attached hydrogens (tertiary/aromatic N) is 2. The molecule has 1 aromatic rings. The average Bonchev–Trinajstić information content (AvgIpc) is 2.37. The fourth-order valence-corrected chi connectivity index (χ4v) is 2.52. The second-order valence-corrected chi connectivity index (χ2v) is 6.49.